The number of anilines is 2. The van der Waals surface area contributed by atoms with E-state index >= 15 is 0 Å². The van der Waals surface area contributed by atoms with Crippen molar-refractivity contribution in [2.24, 2.45) is 10.7 Å². The molecule has 0 spiro atoms. The number of guanidine groups is 1. The molecule has 0 aliphatic heterocycles. The maximum Gasteiger partial charge on any atom is 0.433 e. The molecule has 1 aromatic heterocycles. The Kier molecular flexibility index (Phi) is 5.98. The third-order valence-electron chi connectivity index (χ3n) is 2.97. The van der Waals surface area contributed by atoms with Gasteiger partial charge in [-0.3, -0.25) is 4.99 Å². The first-order valence-corrected chi connectivity index (χ1v) is 7.23. The maximum atomic E-state index is 12.5. The van der Waals surface area contributed by atoms with E-state index in [0.29, 0.717) is 11.4 Å². The van der Waals surface area contributed by atoms with Crippen LogP contribution in [0.25, 0.3) is 0 Å². The lowest BCUT2D eigenvalue weighted by Gasteiger charge is -2.09. The molecular formula is C15H17F3N6O. The van der Waals surface area contributed by atoms with Crippen LogP contribution in [0.5, 0.6) is 5.75 Å². The highest BCUT2D eigenvalue weighted by molar-refractivity contribution is 5.92. The summed E-state index contributed by atoms with van der Waals surface area (Å²) in [5.41, 5.74) is 5.44. The first-order chi connectivity index (χ1) is 11.9. The molecule has 0 radical (unpaired) electrons. The summed E-state index contributed by atoms with van der Waals surface area (Å²) < 4.78 is 42.7. The Morgan fingerprint density at radius 1 is 1.32 bits per heavy atom. The summed E-state index contributed by atoms with van der Waals surface area (Å²) >= 11 is 0. The molecule has 0 saturated carbocycles. The summed E-state index contributed by atoms with van der Waals surface area (Å²) in [7, 11) is 1.55. The molecule has 10 heteroatoms. The molecule has 134 valence electrons. The van der Waals surface area contributed by atoms with Crippen molar-refractivity contribution in [1.82, 2.24) is 9.97 Å². The van der Waals surface area contributed by atoms with Crippen LogP contribution in [0.15, 0.2) is 41.5 Å². The summed E-state index contributed by atoms with van der Waals surface area (Å²) in [6, 6.07) is 7.93. The normalized spacial score (nSPS) is 11.9. The van der Waals surface area contributed by atoms with Gasteiger partial charge in [-0.05, 0) is 18.2 Å². The molecule has 25 heavy (non-hydrogen) atoms. The standard InChI is InChI=1S/C15H17F3N6O/c1-25-11-4-2-3-10(9-11)23-13(19)20-7-8-22-14-21-6-5-12(24-14)15(16,17)18/h2-6,9H,7-8H2,1H3,(H3,19,20,23)(H,21,22,24). The second kappa shape index (κ2) is 8.18. The maximum absolute atomic E-state index is 12.5. The molecule has 0 amide bonds. The van der Waals surface area contributed by atoms with E-state index in [1.54, 1.807) is 31.4 Å². The number of nitrogens with two attached hydrogens (primary N) is 1. The topological polar surface area (TPSA) is 97.5 Å². The van der Waals surface area contributed by atoms with Crippen molar-refractivity contribution in [2.45, 2.75) is 6.18 Å². The third kappa shape index (κ3) is 5.83. The van der Waals surface area contributed by atoms with Crippen LogP contribution in [0.2, 0.25) is 0 Å². The van der Waals surface area contributed by atoms with Crippen molar-refractivity contribution in [3.05, 3.63) is 42.2 Å². The zero-order valence-corrected chi connectivity index (χ0v) is 13.3. The van der Waals surface area contributed by atoms with Gasteiger partial charge in [-0.2, -0.15) is 13.2 Å². The SMILES string of the molecule is COc1cccc(NC(N)=NCCNc2nccc(C(F)(F)F)n2)c1. The van der Waals surface area contributed by atoms with Crippen molar-refractivity contribution >= 4 is 17.6 Å². The number of aromatic nitrogens is 2. The molecule has 0 aliphatic carbocycles. The minimum Gasteiger partial charge on any atom is -0.497 e. The van der Waals surface area contributed by atoms with Gasteiger partial charge in [0.15, 0.2) is 5.96 Å². The fourth-order valence-corrected chi connectivity index (χ4v) is 1.83. The number of nitrogens with zero attached hydrogens (tertiary/aromatic N) is 3. The molecule has 1 heterocycles. The van der Waals surface area contributed by atoms with Gasteiger partial charge in [0.2, 0.25) is 5.95 Å². The average Bonchev–Trinajstić information content (AvgIpc) is 2.58. The van der Waals surface area contributed by atoms with Gasteiger partial charge in [0.25, 0.3) is 0 Å². The molecule has 4 N–H and O–H groups in total. The number of hydrogen-bond acceptors (Lipinski definition) is 5. The molecule has 2 aromatic rings. The van der Waals surface area contributed by atoms with Gasteiger partial charge < -0.3 is 21.1 Å². The van der Waals surface area contributed by atoms with E-state index in [9.17, 15) is 13.2 Å². The number of benzene rings is 1. The molecule has 1 aromatic carbocycles. The van der Waals surface area contributed by atoms with Gasteiger partial charge in [0.05, 0.1) is 13.7 Å². The number of hydrogen-bond donors (Lipinski definition) is 3. The van der Waals surface area contributed by atoms with Gasteiger partial charge in [-0.15, -0.1) is 0 Å². The highest BCUT2D eigenvalue weighted by Crippen LogP contribution is 2.27. The zero-order valence-electron chi connectivity index (χ0n) is 13.3. The van der Waals surface area contributed by atoms with E-state index < -0.39 is 11.9 Å². The van der Waals surface area contributed by atoms with E-state index in [-0.39, 0.29) is 25.0 Å². The predicted octanol–water partition coefficient (Wildman–Crippen LogP) is 2.34. The minimum atomic E-state index is -4.51. The van der Waals surface area contributed by atoms with Crippen LogP contribution in [-0.4, -0.2) is 36.1 Å². The molecule has 0 bridgehead atoms. The fourth-order valence-electron chi connectivity index (χ4n) is 1.83. The van der Waals surface area contributed by atoms with Crippen LogP contribution in [0.1, 0.15) is 5.69 Å². The Morgan fingerprint density at radius 3 is 2.84 bits per heavy atom. The van der Waals surface area contributed by atoms with Crippen molar-refractivity contribution in [3.63, 3.8) is 0 Å². The molecule has 0 unspecified atom stereocenters. The van der Waals surface area contributed by atoms with Crippen molar-refractivity contribution in [1.29, 1.82) is 0 Å². The second-order valence-corrected chi connectivity index (χ2v) is 4.81. The molecule has 0 atom stereocenters. The van der Waals surface area contributed by atoms with Crippen LogP contribution in [0, 0.1) is 0 Å². The van der Waals surface area contributed by atoms with E-state index in [1.165, 1.54) is 0 Å². The lowest BCUT2D eigenvalue weighted by atomic mass is 10.3. The Labute approximate surface area is 142 Å². The summed E-state index contributed by atoms with van der Waals surface area (Å²) in [4.78, 5) is 11.2. The summed E-state index contributed by atoms with van der Waals surface area (Å²) in [5.74, 6) is 0.713. The lowest BCUT2D eigenvalue weighted by Crippen LogP contribution is -2.24. The van der Waals surface area contributed by atoms with Crippen LogP contribution < -0.4 is 21.1 Å². The Bertz CT molecular complexity index is 735. The molecule has 7 nitrogen and oxygen atoms in total. The second-order valence-electron chi connectivity index (χ2n) is 4.81. The summed E-state index contributed by atoms with van der Waals surface area (Å²) in [6.07, 6.45) is -3.47. The van der Waals surface area contributed by atoms with Gasteiger partial charge in [-0.25, -0.2) is 9.97 Å². The molecule has 0 fully saturated rings. The molecule has 0 aliphatic rings. The Morgan fingerprint density at radius 2 is 2.12 bits per heavy atom. The fraction of sp³-hybridized carbons (Fsp3) is 0.267. The number of nitrogens with one attached hydrogen (secondary N) is 2. The summed E-state index contributed by atoms with van der Waals surface area (Å²) in [6.45, 7) is 0.449. The third-order valence-corrected chi connectivity index (χ3v) is 2.97. The highest BCUT2D eigenvalue weighted by Gasteiger charge is 2.32. The zero-order chi connectivity index (χ0) is 18.3. The summed E-state index contributed by atoms with van der Waals surface area (Å²) in [5, 5.41) is 5.55. The lowest BCUT2D eigenvalue weighted by molar-refractivity contribution is -0.141. The molecule has 0 saturated heterocycles. The van der Waals surface area contributed by atoms with E-state index in [1.807, 2.05) is 0 Å². The van der Waals surface area contributed by atoms with Crippen LogP contribution in [0.4, 0.5) is 24.8 Å². The largest absolute Gasteiger partial charge is 0.497 e. The first-order valence-electron chi connectivity index (χ1n) is 7.23. The van der Waals surface area contributed by atoms with E-state index in [4.69, 9.17) is 10.5 Å². The van der Waals surface area contributed by atoms with Gasteiger partial charge >= 0.3 is 6.18 Å². The highest BCUT2D eigenvalue weighted by atomic mass is 19.4. The number of rotatable bonds is 6. The monoisotopic (exact) mass is 354 g/mol. The minimum absolute atomic E-state index is 0.121. The van der Waals surface area contributed by atoms with Gasteiger partial charge in [0, 0.05) is 24.5 Å². The number of halogens is 3. The molecule has 2 rings (SSSR count). The van der Waals surface area contributed by atoms with Crippen LogP contribution in [-0.2, 0) is 6.18 Å². The number of alkyl halides is 3. The Hall–Kier alpha value is -3.04. The number of aliphatic imine (C=N–C) groups is 1. The first kappa shape index (κ1) is 18.3. The Balaban J connectivity index is 1.84. The van der Waals surface area contributed by atoms with Crippen molar-refractivity contribution in [3.8, 4) is 5.75 Å². The van der Waals surface area contributed by atoms with Crippen molar-refractivity contribution < 1.29 is 17.9 Å². The smallest absolute Gasteiger partial charge is 0.433 e. The van der Waals surface area contributed by atoms with Crippen LogP contribution in [0.3, 0.4) is 0 Å². The van der Waals surface area contributed by atoms with Gasteiger partial charge in [-0.1, -0.05) is 6.07 Å². The van der Waals surface area contributed by atoms with Crippen LogP contribution >= 0.6 is 0 Å². The number of methoxy groups -OCH3 is 1. The number of ether oxygens (including phenoxy) is 1. The van der Waals surface area contributed by atoms with Crippen molar-refractivity contribution in [2.75, 3.05) is 30.8 Å². The van der Waals surface area contributed by atoms with E-state index in [0.717, 1.165) is 12.3 Å². The predicted molar refractivity (Wildman–Crippen MR) is 88.6 cm³/mol. The quantitative estimate of drug-likeness (QED) is 0.419. The van der Waals surface area contributed by atoms with Gasteiger partial charge in [0.1, 0.15) is 11.4 Å². The van der Waals surface area contributed by atoms with E-state index in [2.05, 4.69) is 25.6 Å². The molecular weight excluding hydrogens is 337 g/mol. The average molecular weight is 354 g/mol.